The summed E-state index contributed by atoms with van der Waals surface area (Å²) >= 11 is 0. The molecule has 198 valence electrons. The molecule has 3 aliphatic heterocycles. The number of hydrogen-bond acceptors (Lipinski definition) is 9. The summed E-state index contributed by atoms with van der Waals surface area (Å²) in [5.74, 6) is 0.619. The van der Waals surface area contributed by atoms with Crippen LogP contribution in [0.4, 0.5) is 0 Å². The zero-order valence-corrected chi connectivity index (χ0v) is 21.7. The number of ketones is 3. The first kappa shape index (κ1) is 30.8. The second-order valence-corrected chi connectivity index (χ2v) is 9.73. The molecule has 0 amide bonds. The number of rotatable bonds is 10. The highest BCUT2D eigenvalue weighted by Crippen LogP contribution is 2.17. The van der Waals surface area contributed by atoms with E-state index in [9.17, 15) is 14.4 Å². The van der Waals surface area contributed by atoms with Gasteiger partial charge in [0.1, 0.15) is 17.3 Å². The fourth-order valence-corrected chi connectivity index (χ4v) is 4.96. The van der Waals surface area contributed by atoms with E-state index in [1.165, 1.54) is 12.8 Å². The number of carbonyl (C=O) groups is 3. The van der Waals surface area contributed by atoms with Crippen molar-refractivity contribution in [2.45, 2.75) is 77.4 Å². The molecule has 2 N–H and O–H groups in total. The van der Waals surface area contributed by atoms with E-state index in [4.69, 9.17) is 14.9 Å². The Labute approximate surface area is 205 Å². The van der Waals surface area contributed by atoms with Crippen LogP contribution in [0, 0.1) is 0 Å². The summed E-state index contributed by atoms with van der Waals surface area (Å²) in [4.78, 5) is 38.7. The number of aliphatic hydroxyl groups is 2. The number of carbonyl (C=O) groups excluding carboxylic acids is 3. The molecule has 0 aromatic rings. The highest BCUT2D eigenvalue weighted by Gasteiger charge is 2.25. The Hall–Kier alpha value is -1.23. The Bertz CT molecular complexity index is 583. The van der Waals surface area contributed by atoms with Gasteiger partial charge in [0.05, 0.1) is 39.5 Å². The molecule has 3 saturated heterocycles. The second kappa shape index (κ2) is 17.2. The molecule has 0 aliphatic carbocycles. The molecule has 3 aliphatic rings. The summed E-state index contributed by atoms with van der Waals surface area (Å²) in [7, 11) is 1.71. The van der Waals surface area contributed by atoms with Crippen molar-refractivity contribution in [3.05, 3.63) is 0 Å². The summed E-state index contributed by atoms with van der Waals surface area (Å²) in [5, 5.41) is 17.8. The third kappa shape index (κ3) is 12.0. The van der Waals surface area contributed by atoms with Gasteiger partial charge in [-0.25, -0.2) is 0 Å². The molecule has 9 heteroatoms. The van der Waals surface area contributed by atoms with Crippen LogP contribution in [0.5, 0.6) is 0 Å². The second-order valence-electron chi connectivity index (χ2n) is 9.73. The van der Waals surface area contributed by atoms with Gasteiger partial charge in [-0.15, -0.1) is 0 Å². The molecule has 0 aromatic carbocycles. The van der Waals surface area contributed by atoms with Gasteiger partial charge in [-0.1, -0.05) is 0 Å². The van der Waals surface area contributed by atoms with Crippen LogP contribution >= 0.6 is 0 Å². The summed E-state index contributed by atoms with van der Waals surface area (Å²) < 4.78 is 5.08. The molecule has 0 saturated carbocycles. The summed E-state index contributed by atoms with van der Waals surface area (Å²) in [6.07, 6.45) is 6.65. The van der Waals surface area contributed by atoms with E-state index in [0.717, 1.165) is 51.9 Å². The lowest BCUT2D eigenvalue weighted by molar-refractivity contribution is -0.119. The van der Waals surface area contributed by atoms with Crippen LogP contribution in [0.3, 0.4) is 0 Å². The van der Waals surface area contributed by atoms with E-state index in [2.05, 4.69) is 14.7 Å². The van der Waals surface area contributed by atoms with Gasteiger partial charge in [0.2, 0.25) is 0 Å². The first-order valence-electron chi connectivity index (χ1n) is 12.6. The maximum Gasteiger partial charge on any atom is 0.143 e. The molecule has 0 spiro atoms. The van der Waals surface area contributed by atoms with Crippen LogP contribution in [-0.4, -0.2) is 127 Å². The SMILES string of the molecule is CC(=O)CN1CCC[C@@H]1CO.CC(=O)CN1CCC[C@H]1CO.COC[C@@H]1CCCN1CC(C)=O. The predicted octanol–water partition coefficient (Wildman–Crippen LogP) is 0.750. The van der Waals surface area contributed by atoms with Gasteiger partial charge in [-0.3, -0.25) is 29.1 Å². The van der Waals surface area contributed by atoms with E-state index in [-0.39, 0.29) is 42.6 Å². The molecule has 0 aromatic heterocycles. The number of Topliss-reactive ketones (excluding diaryl/α,β-unsaturated/α-hetero) is 3. The number of nitrogens with zero attached hydrogens (tertiary/aromatic N) is 3. The Morgan fingerprint density at radius 2 is 1.00 bits per heavy atom. The third-order valence-corrected chi connectivity index (χ3v) is 6.56. The molecule has 0 unspecified atom stereocenters. The number of ether oxygens (including phenoxy) is 1. The zero-order valence-electron chi connectivity index (χ0n) is 21.7. The molecule has 3 fully saturated rings. The lowest BCUT2D eigenvalue weighted by atomic mass is 10.2. The minimum atomic E-state index is 0.186. The first-order valence-corrected chi connectivity index (χ1v) is 12.6. The Kier molecular flexibility index (Phi) is 15.6. The molecule has 0 radical (unpaired) electrons. The quantitative estimate of drug-likeness (QED) is 0.463. The Morgan fingerprint density at radius 3 is 1.29 bits per heavy atom. The van der Waals surface area contributed by atoms with Gasteiger partial charge < -0.3 is 14.9 Å². The fourth-order valence-electron chi connectivity index (χ4n) is 4.96. The Morgan fingerprint density at radius 1 is 0.676 bits per heavy atom. The number of aliphatic hydroxyl groups excluding tert-OH is 2. The molecule has 3 rings (SSSR count). The van der Waals surface area contributed by atoms with Crippen LogP contribution in [0.1, 0.15) is 59.3 Å². The molecule has 3 atom stereocenters. The Balaban J connectivity index is 0.000000255. The van der Waals surface area contributed by atoms with Crippen LogP contribution in [0.2, 0.25) is 0 Å². The molecular weight excluding hydrogens is 438 g/mol. The first-order chi connectivity index (χ1) is 16.2. The molecule has 0 bridgehead atoms. The fraction of sp³-hybridized carbons (Fsp3) is 0.880. The maximum atomic E-state index is 10.9. The number of methoxy groups -OCH3 is 1. The lowest BCUT2D eigenvalue weighted by Gasteiger charge is -2.21. The molecule has 9 nitrogen and oxygen atoms in total. The standard InChI is InChI=1S/C9H17NO2.2C8H15NO2/c1-8(11)6-10-5-3-4-9(10)7-12-2;2*1-7(11)5-9-4-2-3-8(9)6-10/h9H,3-7H2,1-2H3;2*8,10H,2-6H2,1H3/t9-;2*8-/m010/s1. The van der Waals surface area contributed by atoms with Gasteiger partial charge in [0, 0.05) is 25.2 Å². The summed E-state index contributed by atoms with van der Waals surface area (Å²) in [6.45, 7) is 10.5. The lowest BCUT2D eigenvalue weighted by Crippen LogP contribution is -2.36. The van der Waals surface area contributed by atoms with Gasteiger partial charge >= 0.3 is 0 Å². The van der Waals surface area contributed by atoms with Crippen LogP contribution in [0.15, 0.2) is 0 Å². The van der Waals surface area contributed by atoms with Crippen molar-refractivity contribution in [2.75, 3.05) is 66.2 Å². The van der Waals surface area contributed by atoms with Crippen molar-refractivity contribution in [3.8, 4) is 0 Å². The van der Waals surface area contributed by atoms with E-state index >= 15 is 0 Å². The molecular formula is C25H47N3O6. The average Bonchev–Trinajstić information content (AvgIpc) is 3.50. The van der Waals surface area contributed by atoms with Gasteiger partial charge in [-0.05, 0) is 78.9 Å². The van der Waals surface area contributed by atoms with Crippen molar-refractivity contribution in [3.63, 3.8) is 0 Å². The van der Waals surface area contributed by atoms with E-state index in [0.29, 0.717) is 25.7 Å². The minimum absolute atomic E-state index is 0.186. The molecule has 34 heavy (non-hydrogen) atoms. The minimum Gasteiger partial charge on any atom is -0.395 e. The van der Waals surface area contributed by atoms with Crippen LogP contribution in [-0.2, 0) is 19.1 Å². The average molecular weight is 486 g/mol. The monoisotopic (exact) mass is 485 g/mol. The van der Waals surface area contributed by atoms with Crippen molar-refractivity contribution in [1.29, 1.82) is 0 Å². The van der Waals surface area contributed by atoms with Crippen molar-refractivity contribution in [1.82, 2.24) is 14.7 Å². The summed E-state index contributed by atoms with van der Waals surface area (Å²) in [6, 6.07) is 0.941. The molecule has 3 heterocycles. The zero-order chi connectivity index (χ0) is 25.5. The normalized spacial score (nSPS) is 25.4. The van der Waals surface area contributed by atoms with Gasteiger partial charge in [-0.2, -0.15) is 0 Å². The van der Waals surface area contributed by atoms with Gasteiger partial charge in [0.15, 0.2) is 0 Å². The highest BCUT2D eigenvalue weighted by molar-refractivity contribution is 5.78. The topological polar surface area (TPSA) is 111 Å². The maximum absolute atomic E-state index is 10.9. The van der Waals surface area contributed by atoms with Crippen LogP contribution in [0.25, 0.3) is 0 Å². The van der Waals surface area contributed by atoms with Crippen molar-refractivity contribution < 1.29 is 29.3 Å². The summed E-state index contributed by atoms with van der Waals surface area (Å²) in [5.41, 5.74) is 0. The number of likely N-dealkylation sites (tertiary alicyclic amines) is 3. The predicted molar refractivity (Wildman–Crippen MR) is 132 cm³/mol. The van der Waals surface area contributed by atoms with Crippen molar-refractivity contribution in [2.24, 2.45) is 0 Å². The largest absolute Gasteiger partial charge is 0.395 e. The van der Waals surface area contributed by atoms with Crippen LogP contribution < -0.4 is 0 Å². The third-order valence-electron chi connectivity index (χ3n) is 6.56. The number of hydrogen-bond donors (Lipinski definition) is 2. The smallest absolute Gasteiger partial charge is 0.143 e. The van der Waals surface area contributed by atoms with E-state index < -0.39 is 0 Å². The van der Waals surface area contributed by atoms with Gasteiger partial charge in [0.25, 0.3) is 0 Å². The highest BCUT2D eigenvalue weighted by atomic mass is 16.5. The van der Waals surface area contributed by atoms with E-state index in [1.54, 1.807) is 27.9 Å². The van der Waals surface area contributed by atoms with E-state index in [1.807, 2.05) is 0 Å². The van der Waals surface area contributed by atoms with Crippen molar-refractivity contribution >= 4 is 17.3 Å².